The van der Waals surface area contributed by atoms with E-state index in [4.69, 9.17) is 29.6 Å². The number of ether oxygens (including phenoxy) is 2. The van der Waals surface area contributed by atoms with Crippen molar-refractivity contribution in [3.63, 3.8) is 0 Å². The SMILES string of the molecule is COC(=O)C1(N2CCC(Oc3cccc(Nc4cc(-c5cnc(N6CC(O[Si](C)(C)C(C)(C)C)CC6CCN)nc5)ccn4)c3F)CC2)CC1. The fourth-order valence-corrected chi connectivity index (χ4v) is 8.29. The van der Waals surface area contributed by atoms with Gasteiger partial charge in [0.05, 0.1) is 18.9 Å². The summed E-state index contributed by atoms with van der Waals surface area (Å²) in [5.74, 6) is 0.706. The predicted molar refractivity (Wildman–Crippen MR) is 196 cm³/mol. The molecule has 11 nitrogen and oxygen atoms in total. The van der Waals surface area contributed by atoms with E-state index in [1.165, 1.54) is 7.11 Å². The number of hydrogen-bond donors (Lipinski definition) is 2. The molecule has 0 radical (unpaired) electrons. The first kappa shape index (κ1) is 36.1. The quantitative estimate of drug-likeness (QED) is 0.163. The first-order chi connectivity index (χ1) is 23.8. The minimum Gasteiger partial charge on any atom is -0.487 e. The minimum atomic E-state index is -1.92. The second kappa shape index (κ2) is 14.5. The van der Waals surface area contributed by atoms with Crippen LogP contribution in [0.3, 0.4) is 0 Å². The molecule has 50 heavy (non-hydrogen) atoms. The van der Waals surface area contributed by atoms with Crippen LogP contribution in [0.15, 0.2) is 48.9 Å². The molecule has 2 atom stereocenters. The van der Waals surface area contributed by atoms with Crippen molar-refractivity contribution >= 4 is 31.7 Å². The zero-order chi connectivity index (χ0) is 35.7. The highest BCUT2D eigenvalue weighted by Gasteiger charge is 2.56. The summed E-state index contributed by atoms with van der Waals surface area (Å²) in [6, 6.07) is 9.04. The number of pyridine rings is 1. The number of methoxy groups -OCH3 is 1. The molecule has 0 spiro atoms. The largest absolute Gasteiger partial charge is 0.487 e. The molecule has 1 saturated carbocycles. The van der Waals surface area contributed by atoms with Gasteiger partial charge < -0.3 is 29.9 Å². The lowest BCUT2D eigenvalue weighted by molar-refractivity contribution is -0.149. The number of rotatable bonds is 12. The van der Waals surface area contributed by atoms with Gasteiger partial charge in [-0.1, -0.05) is 26.8 Å². The number of hydrogen-bond acceptors (Lipinski definition) is 11. The van der Waals surface area contributed by atoms with Crippen LogP contribution in [-0.4, -0.2) is 91.2 Å². The van der Waals surface area contributed by atoms with E-state index < -0.39 is 19.7 Å². The smallest absolute Gasteiger partial charge is 0.326 e. The van der Waals surface area contributed by atoms with Gasteiger partial charge in [-0.05, 0) is 93.0 Å². The number of anilines is 3. The van der Waals surface area contributed by atoms with Crippen molar-refractivity contribution in [3.8, 4) is 16.9 Å². The molecule has 3 N–H and O–H groups in total. The van der Waals surface area contributed by atoms with Crippen molar-refractivity contribution in [2.75, 3.05) is 43.5 Å². The molecule has 270 valence electrons. The number of carbonyl (C=O) groups is 1. The van der Waals surface area contributed by atoms with Gasteiger partial charge in [0.1, 0.15) is 17.5 Å². The van der Waals surface area contributed by atoms with Gasteiger partial charge in [-0.3, -0.25) is 9.69 Å². The van der Waals surface area contributed by atoms with Crippen LogP contribution >= 0.6 is 0 Å². The lowest BCUT2D eigenvalue weighted by Crippen LogP contribution is -2.49. The average Bonchev–Trinajstić information content (AvgIpc) is 3.82. The van der Waals surface area contributed by atoms with Gasteiger partial charge in [-0.2, -0.15) is 0 Å². The Morgan fingerprint density at radius 3 is 2.44 bits per heavy atom. The molecule has 13 heteroatoms. The van der Waals surface area contributed by atoms with Crippen molar-refractivity contribution in [3.05, 3.63) is 54.7 Å². The van der Waals surface area contributed by atoms with E-state index in [1.807, 2.05) is 24.5 Å². The maximum atomic E-state index is 15.7. The maximum absolute atomic E-state index is 15.7. The molecule has 2 aliphatic heterocycles. The van der Waals surface area contributed by atoms with E-state index in [1.54, 1.807) is 24.4 Å². The van der Waals surface area contributed by atoms with Crippen LogP contribution in [0.1, 0.15) is 59.3 Å². The molecule has 2 unspecified atom stereocenters. The summed E-state index contributed by atoms with van der Waals surface area (Å²) in [7, 11) is -0.484. The number of nitrogens with zero attached hydrogens (tertiary/aromatic N) is 5. The minimum absolute atomic E-state index is 0.120. The van der Waals surface area contributed by atoms with Crippen LogP contribution in [-0.2, 0) is 14.0 Å². The number of nitrogens with two attached hydrogens (primary N) is 1. The highest BCUT2D eigenvalue weighted by molar-refractivity contribution is 6.74. The molecule has 4 heterocycles. The van der Waals surface area contributed by atoms with Crippen LogP contribution in [0.2, 0.25) is 18.1 Å². The molecule has 2 saturated heterocycles. The van der Waals surface area contributed by atoms with Gasteiger partial charge in [-0.25, -0.2) is 19.3 Å². The van der Waals surface area contributed by atoms with Crippen LogP contribution in [0.5, 0.6) is 5.75 Å². The molecule has 0 amide bonds. The number of benzene rings is 1. The number of carbonyl (C=O) groups excluding carboxylic acids is 1. The monoisotopic (exact) mass is 705 g/mol. The van der Waals surface area contributed by atoms with Crippen molar-refractivity contribution in [2.45, 2.75) is 101 Å². The number of nitrogens with one attached hydrogen (secondary N) is 1. The molecule has 3 aromatic rings. The fourth-order valence-electron chi connectivity index (χ4n) is 6.94. The summed E-state index contributed by atoms with van der Waals surface area (Å²) in [5.41, 5.74) is 7.47. The summed E-state index contributed by atoms with van der Waals surface area (Å²) in [5, 5.41) is 3.26. The van der Waals surface area contributed by atoms with Gasteiger partial charge in [0.25, 0.3) is 0 Å². The summed E-state index contributed by atoms with van der Waals surface area (Å²) < 4.78 is 33.6. The Hall–Kier alpha value is -3.65. The van der Waals surface area contributed by atoms with Gasteiger partial charge in [0.2, 0.25) is 5.95 Å². The molecule has 6 rings (SSSR count). The molecule has 0 bridgehead atoms. The third-order valence-corrected chi connectivity index (χ3v) is 15.5. The molecule has 2 aromatic heterocycles. The summed E-state index contributed by atoms with van der Waals surface area (Å²) in [6.45, 7) is 14.1. The fraction of sp³-hybridized carbons (Fsp3) is 0.568. The number of esters is 1. The molecule has 3 fully saturated rings. The van der Waals surface area contributed by atoms with E-state index in [0.717, 1.165) is 43.4 Å². The zero-order valence-electron chi connectivity index (χ0n) is 30.2. The van der Waals surface area contributed by atoms with Crippen molar-refractivity contribution in [1.82, 2.24) is 19.9 Å². The standard InChI is InChI=1S/C37H52FN7O4Si/c1-36(2,3)50(5,6)49-29-21-27(10-16-39)45(24-29)35-41-22-26(23-42-35)25-11-17-40-32(20-25)43-30-8-7-9-31(33(30)38)48-28-12-18-44(19-13-28)37(14-15-37)34(46)47-4/h7-9,11,17,20,22-23,27-29H,10,12-16,18-19,21,24,39H2,1-6H3,(H,40,43). The van der Waals surface area contributed by atoms with Crippen molar-refractivity contribution < 1.29 is 23.1 Å². The lowest BCUT2D eigenvalue weighted by atomic mass is 10.0. The Morgan fingerprint density at radius 1 is 1.08 bits per heavy atom. The summed E-state index contributed by atoms with van der Waals surface area (Å²) >= 11 is 0. The predicted octanol–water partition coefficient (Wildman–Crippen LogP) is 6.29. The number of piperidine rings is 1. The summed E-state index contributed by atoms with van der Waals surface area (Å²) in [6.07, 6.45) is 10.1. The van der Waals surface area contributed by atoms with E-state index in [2.05, 4.69) is 54.0 Å². The van der Waals surface area contributed by atoms with Crippen LogP contribution in [0, 0.1) is 5.82 Å². The molecular weight excluding hydrogens is 654 g/mol. The maximum Gasteiger partial charge on any atom is 0.326 e. The Bertz CT molecular complexity index is 1640. The lowest BCUT2D eigenvalue weighted by Gasteiger charge is -2.38. The topological polar surface area (TPSA) is 128 Å². The molecule has 1 aromatic carbocycles. The van der Waals surface area contributed by atoms with Gasteiger partial charge in [-0.15, -0.1) is 0 Å². The van der Waals surface area contributed by atoms with E-state index in [9.17, 15) is 4.79 Å². The number of likely N-dealkylation sites (tertiary alicyclic amines) is 1. The van der Waals surface area contributed by atoms with Crippen LogP contribution in [0.4, 0.5) is 21.8 Å². The first-order valence-electron chi connectivity index (χ1n) is 17.8. The second-order valence-corrected chi connectivity index (χ2v) is 20.1. The Morgan fingerprint density at radius 2 is 1.80 bits per heavy atom. The van der Waals surface area contributed by atoms with Crippen LogP contribution in [0.25, 0.3) is 11.1 Å². The van der Waals surface area contributed by atoms with Crippen molar-refractivity contribution in [1.29, 1.82) is 0 Å². The zero-order valence-corrected chi connectivity index (χ0v) is 31.2. The Kier molecular flexibility index (Phi) is 10.5. The third-order valence-electron chi connectivity index (χ3n) is 11.0. The molecule has 3 aliphatic rings. The normalized spacial score (nSPS) is 21.2. The molecule has 1 aliphatic carbocycles. The Labute approximate surface area is 296 Å². The molecular formula is C37H52FN7O4Si. The Balaban J connectivity index is 1.09. The first-order valence-corrected chi connectivity index (χ1v) is 20.7. The van der Waals surface area contributed by atoms with Crippen LogP contribution < -0.4 is 20.7 Å². The van der Waals surface area contributed by atoms with E-state index in [-0.39, 0.29) is 40.7 Å². The van der Waals surface area contributed by atoms with E-state index >= 15 is 4.39 Å². The van der Waals surface area contributed by atoms with Gasteiger partial charge >= 0.3 is 5.97 Å². The highest BCUT2D eigenvalue weighted by atomic mass is 28.4. The summed E-state index contributed by atoms with van der Waals surface area (Å²) in [4.78, 5) is 30.7. The third kappa shape index (κ3) is 7.65. The number of halogens is 1. The van der Waals surface area contributed by atoms with Gasteiger partial charge in [0, 0.05) is 49.8 Å². The highest BCUT2D eigenvalue weighted by Crippen LogP contribution is 2.44. The number of aromatic nitrogens is 3. The van der Waals surface area contributed by atoms with E-state index in [0.29, 0.717) is 44.2 Å². The van der Waals surface area contributed by atoms with Gasteiger partial charge in [0.15, 0.2) is 19.9 Å². The average molecular weight is 706 g/mol. The van der Waals surface area contributed by atoms with Crippen molar-refractivity contribution in [2.24, 2.45) is 5.73 Å². The second-order valence-electron chi connectivity index (χ2n) is 15.4.